The lowest BCUT2D eigenvalue weighted by Gasteiger charge is -2.26. The third-order valence-electron chi connectivity index (χ3n) is 5.72. The number of allylic oxidation sites excluding steroid dienone is 1. The fourth-order valence-corrected chi connectivity index (χ4v) is 4.09. The van der Waals surface area contributed by atoms with Crippen LogP contribution in [0.4, 0.5) is 0 Å². The van der Waals surface area contributed by atoms with Crippen molar-refractivity contribution in [3.8, 4) is 17.2 Å². The van der Waals surface area contributed by atoms with Crippen LogP contribution in [0.25, 0.3) is 17.1 Å². The molecular formula is C23H23N3O5. The lowest BCUT2D eigenvalue weighted by Crippen LogP contribution is -2.37. The first-order valence-electron chi connectivity index (χ1n) is 10.3. The zero-order valence-electron chi connectivity index (χ0n) is 17.0. The van der Waals surface area contributed by atoms with E-state index in [0.29, 0.717) is 0 Å². The zero-order chi connectivity index (χ0) is 21.4. The summed E-state index contributed by atoms with van der Waals surface area (Å²) in [6.45, 7) is 5.30. The van der Waals surface area contributed by atoms with Gasteiger partial charge in [0.1, 0.15) is 5.65 Å². The van der Waals surface area contributed by atoms with E-state index in [1.54, 1.807) is 12.3 Å². The minimum absolute atomic E-state index is 0.0105. The van der Waals surface area contributed by atoms with Gasteiger partial charge in [-0.3, -0.25) is 9.69 Å². The van der Waals surface area contributed by atoms with Crippen molar-refractivity contribution < 1.29 is 24.5 Å². The van der Waals surface area contributed by atoms with E-state index >= 15 is 0 Å². The number of aromatic nitrogens is 2. The second-order valence-electron chi connectivity index (χ2n) is 7.71. The van der Waals surface area contributed by atoms with Crippen LogP contribution in [0.5, 0.6) is 17.2 Å². The highest BCUT2D eigenvalue weighted by molar-refractivity contribution is 6.15. The second-order valence-corrected chi connectivity index (χ2v) is 7.71. The lowest BCUT2D eigenvalue weighted by atomic mass is 10.1. The van der Waals surface area contributed by atoms with Crippen molar-refractivity contribution in [2.45, 2.75) is 13.0 Å². The first-order chi connectivity index (χ1) is 15.1. The SMILES string of the molecule is O=C1/C(=C/c2cn(CCCN3CCOCC3)c3ncccc23)Oc2c1ccc(O)c2O. The number of Topliss-reactive ketones (excluding diaryl/α,β-unsaturated/α-hetero) is 1. The van der Waals surface area contributed by atoms with Crippen LogP contribution in [0.15, 0.2) is 42.4 Å². The number of ketones is 1. The Morgan fingerprint density at radius 1 is 1.13 bits per heavy atom. The molecule has 0 atom stereocenters. The molecule has 0 unspecified atom stereocenters. The summed E-state index contributed by atoms with van der Waals surface area (Å²) in [5, 5.41) is 20.6. The molecule has 3 aromatic rings. The molecule has 5 rings (SSSR count). The summed E-state index contributed by atoms with van der Waals surface area (Å²) in [5.74, 6) is -0.992. The van der Waals surface area contributed by atoms with Gasteiger partial charge in [-0.2, -0.15) is 0 Å². The van der Waals surface area contributed by atoms with Crippen molar-refractivity contribution >= 4 is 22.9 Å². The van der Waals surface area contributed by atoms with Crippen LogP contribution < -0.4 is 4.74 Å². The quantitative estimate of drug-likeness (QED) is 0.483. The Labute approximate surface area is 178 Å². The summed E-state index contributed by atoms with van der Waals surface area (Å²) in [4.78, 5) is 19.7. The van der Waals surface area contributed by atoms with Gasteiger partial charge in [0, 0.05) is 49.5 Å². The number of fused-ring (bicyclic) bond motifs is 2. The van der Waals surface area contributed by atoms with Crippen LogP contribution in [-0.4, -0.2) is 63.3 Å². The predicted molar refractivity (Wildman–Crippen MR) is 114 cm³/mol. The Morgan fingerprint density at radius 3 is 2.81 bits per heavy atom. The van der Waals surface area contributed by atoms with Crippen molar-refractivity contribution in [1.29, 1.82) is 0 Å². The van der Waals surface area contributed by atoms with E-state index in [4.69, 9.17) is 9.47 Å². The number of phenols is 2. The Bertz CT molecular complexity index is 1180. The van der Waals surface area contributed by atoms with E-state index in [2.05, 4.69) is 14.5 Å². The van der Waals surface area contributed by atoms with E-state index in [-0.39, 0.29) is 28.6 Å². The number of pyridine rings is 1. The summed E-state index contributed by atoms with van der Waals surface area (Å²) < 4.78 is 13.1. The van der Waals surface area contributed by atoms with Gasteiger partial charge in [-0.05, 0) is 36.8 Å². The third-order valence-corrected chi connectivity index (χ3v) is 5.72. The summed E-state index contributed by atoms with van der Waals surface area (Å²) in [7, 11) is 0. The number of carbonyl (C=O) groups is 1. The van der Waals surface area contributed by atoms with Gasteiger partial charge < -0.3 is 24.3 Å². The molecule has 0 radical (unpaired) electrons. The molecule has 4 heterocycles. The van der Waals surface area contributed by atoms with E-state index in [1.807, 2.05) is 18.3 Å². The molecule has 1 fully saturated rings. The van der Waals surface area contributed by atoms with Crippen molar-refractivity contribution in [2.24, 2.45) is 0 Å². The average Bonchev–Trinajstić information content (AvgIpc) is 3.30. The van der Waals surface area contributed by atoms with Gasteiger partial charge in [-0.25, -0.2) is 4.98 Å². The number of rotatable bonds is 5. The topological polar surface area (TPSA) is 97.1 Å². The number of aromatic hydroxyl groups is 2. The fourth-order valence-electron chi connectivity index (χ4n) is 4.09. The van der Waals surface area contributed by atoms with Gasteiger partial charge in [-0.1, -0.05) is 0 Å². The molecule has 0 saturated carbocycles. The number of aryl methyl sites for hydroxylation is 1. The van der Waals surface area contributed by atoms with Gasteiger partial charge in [0.2, 0.25) is 11.5 Å². The molecule has 2 aromatic heterocycles. The molecule has 2 N–H and O–H groups in total. The molecule has 1 saturated heterocycles. The number of nitrogens with zero attached hydrogens (tertiary/aromatic N) is 3. The normalized spacial score (nSPS) is 17.9. The number of ether oxygens (including phenoxy) is 2. The number of carbonyl (C=O) groups excluding carboxylic acids is 1. The molecule has 2 aliphatic heterocycles. The maximum atomic E-state index is 12.7. The molecule has 0 amide bonds. The molecule has 160 valence electrons. The fraction of sp³-hybridized carbons (Fsp3) is 0.304. The maximum absolute atomic E-state index is 12.7. The van der Waals surface area contributed by atoms with Crippen molar-refractivity contribution in [1.82, 2.24) is 14.5 Å². The summed E-state index contributed by atoms with van der Waals surface area (Å²) in [5.41, 5.74) is 1.89. The Hall–Kier alpha value is -3.36. The number of morpholine rings is 1. The monoisotopic (exact) mass is 421 g/mol. The van der Waals surface area contributed by atoms with Gasteiger partial charge >= 0.3 is 0 Å². The standard InChI is InChI=1S/C23H23N3O5/c27-18-5-4-17-20(28)19(31-22(17)21(18)29)13-15-14-26(23-16(15)3-1-6-24-23)8-2-7-25-9-11-30-12-10-25/h1,3-6,13-14,27,29H,2,7-12H2/b19-13-. The van der Waals surface area contributed by atoms with Gasteiger partial charge in [0.25, 0.3) is 0 Å². The van der Waals surface area contributed by atoms with Crippen molar-refractivity contribution in [3.05, 3.63) is 53.5 Å². The van der Waals surface area contributed by atoms with Crippen LogP contribution in [-0.2, 0) is 11.3 Å². The highest BCUT2D eigenvalue weighted by Gasteiger charge is 2.31. The summed E-state index contributed by atoms with van der Waals surface area (Å²) >= 11 is 0. The van der Waals surface area contributed by atoms with Crippen molar-refractivity contribution in [3.63, 3.8) is 0 Å². The van der Waals surface area contributed by atoms with Crippen molar-refractivity contribution in [2.75, 3.05) is 32.8 Å². The molecule has 0 spiro atoms. The van der Waals surface area contributed by atoms with Crippen LogP contribution in [0, 0.1) is 0 Å². The first kappa shape index (κ1) is 19.6. The first-order valence-corrected chi connectivity index (χ1v) is 10.3. The van der Waals surface area contributed by atoms with Gasteiger partial charge in [0.05, 0.1) is 18.8 Å². The minimum atomic E-state index is -0.429. The molecular weight excluding hydrogens is 398 g/mol. The number of hydrogen-bond donors (Lipinski definition) is 2. The molecule has 2 aliphatic rings. The van der Waals surface area contributed by atoms with E-state index in [9.17, 15) is 15.0 Å². The van der Waals surface area contributed by atoms with E-state index < -0.39 is 5.75 Å². The van der Waals surface area contributed by atoms with Crippen LogP contribution in [0.1, 0.15) is 22.3 Å². The van der Waals surface area contributed by atoms with Gasteiger partial charge in [0.15, 0.2) is 17.3 Å². The second kappa shape index (κ2) is 8.05. The molecule has 0 bridgehead atoms. The lowest BCUT2D eigenvalue weighted by molar-refractivity contribution is 0.0369. The number of phenolic OH excluding ortho intramolecular Hbond substituents is 2. The predicted octanol–water partition coefficient (Wildman–Crippen LogP) is 2.79. The third kappa shape index (κ3) is 3.64. The maximum Gasteiger partial charge on any atom is 0.232 e. The number of benzene rings is 1. The molecule has 1 aromatic carbocycles. The zero-order valence-corrected chi connectivity index (χ0v) is 17.0. The summed E-state index contributed by atoms with van der Waals surface area (Å²) in [6, 6.07) is 6.55. The highest BCUT2D eigenvalue weighted by Crippen LogP contribution is 2.44. The Morgan fingerprint density at radius 2 is 1.97 bits per heavy atom. The van der Waals surface area contributed by atoms with Crippen LogP contribution >= 0.6 is 0 Å². The highest BCUT2D eigenvalue weighted by atomic mass is 16.5. The molecule has 31 heavy (non-hydrogen) atoms. The van der Waals surface area contributed by atoms with E-state index in [1.165, 1.54) is 12.1 Å². The Kier molecular flexibility index (Phi) is 5.09. The van der Waals surface area contributed by atoms with Gasteiger partial charge in [-0.15, -0.1) is 0 Å². The minimum Gasteiger partial charge on any atom is -0.504 e. The summed E-state index contributed by atoms with van der Waals surface area (Å²) in [6.07, 6.45) is 6.37. The van der Waals surface area contributed by atoms with Crippen LogP contribution in [0.3, 0.4) is 0 Å². The van der Waals surface area contributed by atoms with E-state index in [0.717, 1.165) is 62.4 Å². The smallest absolute Gasteiger partial charge is 0.232 e. The Balaban J connectivity index is 1.40. The molecule has 8 nitrogen and oxygen atoms in total. The molecule has 0 aliphatic carbocycles. The largest absolute Gasteiger partial charge is 0.504 e. The number of hydrogen-bond acceptors (Lipinski definition) is 7. The van der Waals surface area contributed by atoms with Crippen LogP contribution in [0.2, 0.25) is 0 Å². The molecule has 8 heteroatoms. The average molecular weight is 421 g/mol.